The fraction of sp³-hybridized carbons (Fsp3) is 0.250. The zero-order valence-corrected chi connectivity index (χ0v) is 8.43. The molecule has 0 aliphatic rings. The zero-order valence-electron chi connectivity index (χ0n) is 8.43. The first-order valence-electron chi connectivity index (χ1n) is 4.45. The van der Waals surface area contributed by atoms with E-state index in [9.17, 15) is 9.90 Å². The van der Waals surface area contributed by atoms with Crippen LogP contribution in [0.15, 0.2) is 30.3 Å². The van der Waals surface area contributed by atoms with Gasteiger partial charge in [0, 0.05) is 0 Å². The number of terminal acetylenes is 1. The molecule has 15 heavy (non-hydrogen) atoms. The Kier molecular flexibility index (Phi) is 3.48. The minimum absolute atomic E-state index is 0.107. The molecule has 0 radical (unpaired) electrons. The monoisotopic (exact) mass is 204 g/mol. The Bertz CT molecular complexity index is 378. The van der Waals surface area contributed by atoms with Crippen LogP contribution in [0.4, 0.5) is 0 Å². The van der Waals surface area contributed by atoms with Crippen molar-refractivity contribution in [1.82, 2.24) is 0 Å². The minimum Gasteiger partial charge on any atom is -0.467 e. The van der Waals surface area contributed by atoms with Crippen molar-refractivity contribution < 1.29 is 14.6 Å². The summed E-state index contributed by atoms with van der Waals surface area (Å²) in [5, 5.41) is 10.1. The van der Waals surface area contributed by atoms with Crippen molar-refractivity contribution >= 4 is 5.97 Å². The van der Waals surface area contributed by atoms with Crippen molar-refractivity contribution in [2.45, 2.75) is 12.0 Å². The van der Waals surface area contributed by atoms with Crippen LogP contribution in [-0.4, -0.2) is 18.2 Å². The van der Waals surface area contributed by atoms with Crippen LogP contribution in [-0.2, 0) is 15.1 Å². The van der Waals surface area contributed by atoms with E-state index < -0.39 is 11.6 Å². The van der Waals surface area contributed by atoms with E-state index >= 15 is 0 Å². The van der Waals surface area contributed by atoms with Gasteiger partial charge in [0.1, 0.15) is 0 Å². The molecule has 1 N–H and O–H groups in total. The molecular formula is C12H12O3. The molecule has 1 aromatic carbocycles. The standard InChI is InChI=1S/C12H12O3/c1-3-9-12(14,11(13)15-2)10-7-5-4-6-8-10/h1,4-8,14H,9H2,2H3. The van der Waals surface area contributed by atoms with Gasteiger partial charge in [-0.25, -0.2) is 4.79 Å². The van der Waals surface area contributed by atoms with E-state index in [0.717, 1.165) is 0 Å². The molecule has 0 fully saturated rings. The molecule has 78 valence electrons. The summed E-state index contributed by atoms with van der Waals surface area (Å²) in [5.41, 5.74) is -1.31. The summed E-state index contributed by atoms with van der Waals surface area (Å²) in [7, 11) is 1.22. The Balaban J connectivity index is 3.13. The SMILES string of the molecule is C#CCC(O)(C(=O)OC)c1ccccc1. The highest BCUT2D eigenvalue weighted by molar-refractivity contribution is 5.81. The smallest absolute Gasteiger partial charge is 0.343 e. The molecule has 0 bridgehead atoms. The number of methoxy groups -OCH3 is 1. The molecule has 0 aliphatic carbocycles. The molecule has 0 heterocycles. The first-order chi connectivity index (χ1) is 7.15. The minimum atomic E-state index is -1.75. The molecule has 3 nitrogen and oxygen atoms in total. The highest BCUT2D eigenvalue weighted by Crippen LogP contribution is 2.25. The number of esters is 1. The summed E-state index contributed by atoms with van der Waals surface area (Å²) in [6, 6.07) is 8.50. The van der Waals surface area contributed by atoms with Crippen molar-refractivity contribution in [2.24, 2.45) is 0 Å². The van der Waals surface area contributed by atoms with Gasteiger partial charge >= 0.3 is 5.97 Å². The van der Waals surface area contributed by atoms with Gasteiger partial charge in [0.25, 0.3) is 0 Å². The normalized spacial score (nSPS) is 13.7. The molecule has 3 heteroatoms. The predicted octanol–water partition coefficient (Wildman–Crippen LogP) is 1.07. The summed E-state index contributed by atoms with van der Waals surface area (Å²) in [5.74, 6) is 1.53. The third-order valence-electron chi connectivity index (χ3n) is 2.13. The zero-order chi connectivity index (χ0) is 11.3. The Labute approximate surface area is 88.7 Å². The maximum atomic E-state index is 11.5. The van der Waals surface area contributed by atoms with Crippen LogP contribution in [0.2, 0.25) is 0 Å². The van der Waals surface area contributed by atoms with Gasteiger partial charge in [-0.05, 0) is 5.56 Å². The van der Waals surface area contributed by atoms with E-state index in [4.69, 9.17) is 6.42 Å². The number of ether oxygens (including phenoxy) is 1. The van der Waals surface area contributed by atoms with Crippen LogP contribution in [0.1, 0.15) is 12.0 Å². The summed E-state index contributed by atoms with van der Waals surface area (Å²) in [6.45, 7) is 0. The quantitative estimate of drug-likeness (QED) is 0.591. The van der Waals surface area contributed by atoms with E-state index in [1.165, 1.54) is 7.11 Å². The fourth-order valence-electron chi connectivity index (χ4n) is 1.32. The third kappa shape index (κ3) is 2.17. The molecule has 0 aromatic heterocycles. The third-order valence-corrected chi connectivity index (χ3v) is 2.13. The van der Waals surface area contributed by atoms with E-state index in [-0.39, 0.29) is 6.42 Å². The maximum absolute atomic E-state index is 11.5. The van der Waals surface area contributed by atoms with Crippen molar-refractivity contribution in [2.75, 3.05) is 7.11 Å². The molecule has 1 atom stereocenters. The molecule has 0 saturated heterocycles. The second-order valence-electron chi connectivity index (χ2n) is 3.10. The molecule has 1 rings (SSSR count). The van der Waals surface area contributed by atoms with Crippen molar-refractivity contribution in [3.63, 3.8) is 0 Å². The Morgan fingerprint density at radius 2 is 2.13 bits per heavy atom. The largest absolute Gasteiger partial charge is 0.467 e. The van der Waals surface area contributed by atoms with Gasteiger partial charge in [0.15, 0.2) is 5.60 Å². The van der Waals surface area contributed by atoms with Gasteiger partial charge in [0.05, 0.1) is 13.5 Å². The Morgan fingerprint density at radius 1 is 1.53 bits per heavy atom. The van der Waals surface area contributed by atoms with Crippen LogP contribution in [0.25, 0.3) is 0 Å². The topological polar surface area (TPSA) is 46.5 Å². The Hall–Kier alpha value is -1.79. The molecule has 0 aliphatic heterocycles. The number of benzene rings is 1. The lowest BCUT2D eigenvalue weighted by Gasteiger charge is -2.23. The van der Waals surface area contributed by atoms with E-state index in [0.29, 0.717) is 5.56 Å². The van der Waals surface area contributed by atoms with Crippen LogP contribution in [0, 0.1) is 12.3 Å². The molecule has 0 spiro atoms. The van der Waals surface area contributed by atoms with Gasteiger partial charge in [-0.3, -0.25) is 0 Å². The van der Waals surface area contributed by atoms with E-state index in [2.05, 4.69) is 10.7 Å². The molecule has 0 saturated carbocycles. The highest BCUT2D eigenvalue weighted by atomic mass is 16.5. The summed E-state index contributed by atoms with van der Waals surface area (Å²) in [6.07, 6.45) is 5.02. The van der Waals surface area contributed by atoms with Crippen LogP contribution < -0.4 is 0 Å². The summed E-state index contributed by atoms with van der Waals surface area (Å²) >= 11 is 0. The average Bonchev–Trinajstić information content (AvgIpc) is 2.29. The van der Waals surface area contributed by atoms with Crippen molar-refractivity contribution in [1.29, 1.82) is 0 Å². The summed E-state index contributed by atoms with van der Waals surface area (Å²) < 4.78 is 4.54. The van der Waals surface area contributed by atoms with E-state index in [1.54, 1.807) is 30.3 Å². The first kappa shape index (κ1) is 11.3. The highest BCUT2D eigenvalue weighted by Gasteiger charge is 2.38. The lowest BCUT2D eigenvalue weighted by atomic mass is 9.91. The predicted molar refractivity (Wildman–Crippen MR) is 55.8 cm³/mol. The van der Waals surface area contributed by atoms with Gasteiger partial charge < -0.3 is 9.84 Å². The number of hydrogen-bond donors (Lipinski definition) is 1. The van der Waals surface area contributed by atoms with Crippen LogP contribution >= 0.6 is 0 Å². The van der Waals surface area contributed by atoms with Gasteiger partial charge in [-0.15, -0.1) is 12.3 Å². The first-order valence-corrected chi connectivity index (χ1v) is 4.45. The molecule has 1 aromatic rings. The van der Waals surface area contributed by atoms with Gasteiger partial charge in [-0.2, -0.15) is 0 Å². The summed E-state index contributed by atoms with van der Waals surface area (Å²) in [4.78, 5) is 11.5. The average molecular weight is 204 g/mol. The maximum Gasteiger partial charge on any atom is 0.343 e. The number of carbonyl (C=O) groups excluding carboxylic acids is 1. The fourth-order valence-corrected chi connectivity index (χ4v) is 1.32. The van der Waals surface area contributed by atoms with Crippen molar-refractivity contribution in [3.05, 3.63) is 35.9 Å². The lowest BCUT2D eigenvalue weighted by molar-refractivity contribution is -0.163. The van der Waals surface area contributed by atoms with Crippen LogP contribution in [0.5, 0.6) is 0 Å². The second-order valence-corrected chi connectivity index (χ2v) is 3.10. The molecule has 0 amide bonds. The molecule has 1 unspecified atom stereocenters. The number of aliphatic hydroxyl groups is 1. The number of carbonyl (C=O) groups is 1. The van der Waals surface area contributed by atoms with Crippen molar-refractivity contribution in [3.8, 4) is 12.3 Å². The number of hydrogen-bond acceptors (Lipinski definition) is 3. The molecular weight excluding hydrogens is 192 g/mol. The lowest BCUT2D eigenvalue weighted by Crippen LogP contribution is -2.36. The van der Waals surface area contributed by atoms with Gasteiger partial charge in [-0.1, -0.05) is 30.3 Å². The Morgan fingerprint density at radius 3 is 2.60 bits per heavy atom. The van der Waals surface area contributed by atoms with E-state index in [1.807, 2.05) is 0 Å². The number of rotatable bonds is 3. The van der Waals surface area contributed by atoms with Crippen LogP contribution in [0.3, 0.4) is 0 Å². The second kappa shape index (κ2) is 4.63. The van der Waals surface area contributed by atoms with Gasteiger partial charge in [0.2, 0.25) is 0 Å².